The minimum atomic E-state index is 0.976. The summed E-state index contributed by atoms with van der Waals surface area (Å²) in [4.78, 5) is 4.10. The van der Waals surface area contributed by atoms with E-state index in [-0.39, 0.29) is 0 Å². The zero-order valence-electron chi connectivity index (χ0n) is 8.94. The van der Waals surface area contributed by atoms with Crippen molar-refractivity contribution in [3.63, 3.8) is 0 Å². The average molecular weight is 278 g/mol. The molecule has 0 bridgehead atoms. The molecule has 0 amide bonds. The van der Waals surface area contributed by atoms with E-state index in [2.05, 4.69) is 56.6 Å². The van der Waals surface area contributed by atoms with Crippen molar-refractivity contribution in [1.82, 2.24) is 4.98 Å². The van der Waals surface area contributed by atoms with Gasteiger partial charge in [0.05, 0.1) is 0 Å². The summed E-state index contributed by atoms with van der Waals surface area (Å²) in [6, 6.07) is 12.5. The highest BCUT2D eigenvalue weighted by atomic mass is 79.9. The van der Waals surface area contributed by atoms with E-state index in [1.54, 1.807) is 6.20 Å². The van der Waals surface area contributed by atoms with Gasteiger partial charge in [0.1, 0.15) is 13.1 Å². The van der Waals surface area contributed by atoms with Crippen LogP contribution in [0.15, 0.2) is 53.3 Å². The van der Waals surface area contributed by atoms with Gasteiger partial charge in [-0.3, -0.25) is 4.98 Å². The maximum absolute atomic E-state index is 4.10. The first-order valence-corrected chi connectivity index (χ1v) is 6.09. The lowest BCUT2D eigenvalue weighted by Gasteiger charge is -2.02. The first-order valence-electron chi connectivity index (χ1n) is 5.29. The van der Waals surface area contributed by atoms with Crippen molar-refractivity contribution in [2.45, 2.75) is 13.1 Å². The highest BCUT2D eigenvalue weighted by Crippen LogP contribution is 2.09. The van der Waals surface area contributed by atoms with E-state index in [1.165, 1.54) is 11.1 Å². The topological polar surface area (TPSA) is 29.5 Å². The molecule has 0 radical (unpaired) electrons. The van der Waals surface area contributed by atoms with Crippen molar-refractivity contribution in [3.05, 3.63) is 64.4 Å². The number of rotatable bonds is 4. The minimum absolute atomic E-state index is 0.976. The molecule has 16 heavy (non-hydrogen) atoms. The second-order valence-electron chi connectivity index (χ2n) is 3.68. The third-order valence-corrected chi connectivity index (χ3v) is 2.92. The van der Waals surface area contributed by atoms with Crippen molar-refractivity contribution in [2.24, 2.45) is 0 Å². The predicted octanol–water partition coefficient (Wildman–Crippen LogP) is 2.11. The van der Waals surface area contributed by atoms with E-state index >= 15 is 0 Å². The normalized spacial score (nSPS) is 10.3. The Morgan fingerprint density at radius 2 is 1.75 bits per heavy atom. The number of nitrogens with zero attached hydrogens (tertiary/aromatic N) is 1. The lowest BCUT2D eigenvalue weighted by atomic mass is 10.2. The Morgan fingerprint density at radius 1 is 1.00 bits per heavy atom. The van der Waals surface area contributed by atoms with Gasteiger partial charge in [0.2, 0.25) is 0 Å². The fourth-order valence-corrected chi connectivity index (χ4v) is 1.81. The summed E-state index contributed by atoms with van der Waals surface area (Å²) in [5.74, 6) is 0. The first-order chi connectivity index (χ1) is 7.84. The Hall–Kier alpha value is -1.19. The van der Waals surface area contributed by atoms with Crippen LogP contribution >= 0.6 is 15.9 Å². The number of nitrogens with two attached hydrogens (primary N) is 1. The average Bonchev–Trinajstić information content (AvgIpc) is 2.33. The Bertz CT molecular complexity index is 425. The Balaban J connectivity index is 1.82. The summed E-state index contributed by atoms with van der Waals surface area (Å²) in [6.45, 7) is 1.98. The van der Waals surface area contributed by atoms with Crippen molar-refractivity contribution < 1.29 is 5.32 Å². The van der Waals surface area contributed by atoms with E-state index < -0.39 is 0 Å². The number of aromatic nitrogens is 1. The monoisotopic (exact) mass is 277 g/mol. The molecule has 1 heterocycles. The third-order valence-electron chi connectivity index (χ3n) is 2.40. The van der Waals surface area contributed by atoms with Crippen LogP contribution in [0.5, 0.6) is 0 Å². The summed E-state index contributed by atoms with van der Waals surface area (Å²) in [6.07, 6.45) is 3.72. The molecule has 3 heteroatoms. The van der Waals surface area contributed by atoms with Crippen LogP contribution in [0.2, 0.25) is 0 Å². The standard InChI is InChI=1S/C13H13BrN2/c14-13-5-3-11(4-6-13)8-16-10-12-2-1-7-15-9-12/h1-7,9,16H,8,10H2/p+1. The molecule has 0 atom stereocenters. The summed E-state index contributed by atoms with van der Waals surface area (Å²) in [5.41, 5.74) is 2.60. The van der Waals surface area contributed by atoms with Crippen LogP contribution in [0.3, 0.4) is 0 Å². The molecule has 1 aromatic heterocycles. The maximum atomic E-state index is 4.10. The molecule has 82 valence electrons. The fourth-order valence-electron chi connectivity index (χ4n) is 1.54. The number of hydrogen-bond donors (Lipinski definition) is 1. The summed E-state index contributed by atoms with van der Waals surface area (Å²) in [5, 5.41) is 2.28. The Labute approximate surface area is 104 Å². The summed E-state index contributed by atoms with van der Waals surface area (Å²) >= 11 is 3.43. The molecule has 0 aliphatic rings. The van der Waals surface area contributed by atoms with Crippen LogP contribution in [-0.4, -0.2) is 4.98 Å². The van der Waals surface area contributed by atoms with Gasteiger partial charge >= 0.3 is 0 Å². The lowest BCUT2D eigenvalue weighted by molar-refractivity contribution is -0.686. The number of halogens is 1. The van der Waals surface area contributed by atoms with Crippen LogP contribution in [-0.2, 0) is 13.1 Å². The molecular formula is C13H14BrN2+. The minimum Gasteiger partial charge on any atom is -0.339 e. The quantitative estimate of drug-likeness (QED) is 0.912. The van der Waals surface area contributed by atoms with Crippen LogP contribution in [0.25, 0.3) is 0 Å². The van der Waals surface area contributed by atoms with E-state index in [0.29, 0.717) is 0 Å². The molecule has 2 aromatic rings. The van der Waals surface area contributed by atoms with Crippen LogP contribution in [0, 0.1) is 0 Å². The van der Waals surface area contributed by atoms with E-state index in [9.17, 15) is 0 Å². The highest BCUT2D eigenvalue weighted by molar-refractivity contribution is 9.10. The van der Waals surface area contributed by atoms with Crippen LogP contribution in [0.1, 0.15) is 11.1 Å². The van der Waals surface area contributed by atoms with Gasteiger partial charge in [0.15, 0.2) is 0 Å². The number of pyridine rings is 1. The van der Waals surface area contributed by atoms with Crippen molar-refractivity contribution in [1.29, 1.82) is 0 Å². The molecule has 0 spiro atoms. The van der Waals surface area contributed by atoms with Gasteiger partial charge in [-0.25, -0.2) is 0 Å². The predicted molar refractivity (Wildman–Crippen MR) is 67.7 cm³/mol. The number of benzene rings is 1. The van der Waals surface area contributed by atoms with Gasteiger partial charge in [-0.05, 0) is 18.2 Å². The van der Waals surface area contributed by atoms with E-state index in [4.69, 9.17) is 0 Å². The van der Waals surface area contributed by atoms with Gasteiger partial charge in [-0.15, -0.1) is 0 Å². The fraction of sp³-hybridized carbons (Fsp3) is 0.154. The SMILES string of the molecule is Brc1ccc(C[NH2+]Cc2cccnc2)cc1. The van der Waals surface area contributed by atoms with Gasteiger partial charge < -0.3 is 5.32 Å². The zero-order chi connectivity index (χ0) is 11.2. The molecule has 2 N–H and O–H groups in total. The van der Waals surface area contributed by atoms with Crippen LogP contribution in [0.4, 0.5) is 0 Å². The molecule has 0 unspecified atom stereocenters. The highest BCUT2D eigenvalue weighted by Gasteiger charge is 1.97. The molecule has 1 aromatic carbocycles. The zero-order valence-corrected chi connectivity index (χ0v) is 10.5. The molecule has 0 fully saturated rings. The number of hydrogen-bond acceptors (Lipinski definition) is 1. The number of quaternary nitrogens is 1. The third kappa shape index (κ3) is 3.43. The molecule has 2 nitrogen and oxygen atoms in total. The molecular weight excluding hydrogens is 264 g/mol. The van der Waals surface area contributed by atoms with Crippen molar-refractivity contribution in [2.75, 3.05) is 0 Å². The molecule has 2 rings (SSSR count). The van der Waals surface area contributed by atoms with E-state index in [0.717, 1.165) is 17.6 Å². The second-order valence-corrected chi connectivity index (χ2v) is 4.60. The van der Waals surface area contributed by atoms with Gasteiger partial charge in [0.25, 0.3) is 0 Å². The van der Waals surface area contributed by atoms with Crippen molar-refractivity contribution in [3.8, 4) is 0 Å². The molecule has 0 aliphatic heterocycles. The van der Waals surface area contributed by atoms with Gasteiger partial charge in [0, 0.05) is 28.0 Å². The first kappa shape index (κ1) is 11.3. The Kier molecular flexibility index (Phi) is 4.08. The lowest BCUT2D eigenvalue weighted by Crippen LogP contribution is -2.80. The second kappa shape index (κ2) is 5.77. The largest absolute Gasteiger partial charge is 0.339 e. The Morgan fingerprint density at radius 3 is 2.44 bits per heavy atom. The molecule has 0 aliphatic carbocycles. The van der Waals surface area contributed by atoms with Gasteiger partial charge in [-0.1, -0.05) is 34.1 Å². The molecule has 0 saturated carbocycles. The van der Waals surface area contributed by atoms with Crippen molar-refractivity contribution >= 4 is 15.9 Å². The smallest absolute Gasteiger partial charge is 0.103 e. The maximum Gasteiger partial charge on any atom is 0.103 e. The van der Waals surface area contributed by atoms with Crippen LogP contribution < -0.4 is 5.32 Å². The molecule has 0 saturated heterocycles. The summed E-state index contributed by atoms with van der Waals surface area (Å²) in [7, 11) is 0. The summed E-state index contributed by atoms with van der Waals surface area (Å²) < 4.78 is 1.13. The van der Waals surface area contributed by atoms with Gasteiger partial charge in [-0.2, -0.15) is 0 Å². The van der Waals surface area contributed by atoms with E-state index in [1.807, 2.05) is 12.3 Å².